The number of benzene rings is 3. The highest BCUT2D eigenvalue weighted by Gasteiger charge is 2.29. The number of rotatable bonds is 11. The predicted octanol–water partition coefficient (Wildman–Crippen LogP) is 4.13. The van der Waals surface area contributed by atoms with Crippen LogP contribution < -0.4 is 19.1 Å². The Morgan fingerprint density at radius 2 is 1.44 bits per heavy atom. The Hall–Kier alpha value is -4.49. The molecule has 11 nitrogen and oxygen atoms in total. The molecule has 0 saturated carbocycles. The second-order valence-electron chi connectivity index (χ2n) is 8.88. The maximum atomic E-state index is 13.6. The predicted molar refractivity (Wildman–Crippen MR) is 156 cm³/mol. The molecular formula is C28H29N5O6S2. The molecule has 0 spiro atoms. The molecule has 0 bridgehead atoms. The monoisotopic (exact) mass is 595 g/mol. The van der Waals surface area contributed by atoms with Gasteiger partial charge in [-0.15, -0.1) is 0 Å². The van der Waals surface area contributed by atoms with Crippen LogP contribution in [-0.4, -0.2) is 45.9 Å². The van der Waals surface area contributed by atoms with E-state index in [-0.39, 0.29) is 27.1 Å². The number of amides is 1. The molecule has 0 unspecified atom stereocenters. The van der Waals surface area contributed by atoms with Crippen LogP contribution in [0.4, 0.5) is 17.3 Å². The number of hydrogen-bond donors (Lipinski definition) is 2. The Morgan fingerprint density at radius 1 is 0.829 bits per heavy atom. The zero-order valence-corrected chi connectivity index (χ0v) is 24.2. The number of nitrogens with zero attached hydrogens (tertiary/aromatic N) is 3. The van der Waals surface area contributed by atoms with Crippen LogP contribution in [0.25, 0.3) is 0 Å². The van der Waals surface area contributed by atoms with Gasteiger partial charge in [-0.2, -0.15) is 0 Å². The summed E-state index contributed by atoms with van der Waals surface area (Å²) >= 11 is 0. The van der Waals surface area contributed by atoms with Crippen molar-refractivity contribution in [1.29, 1.82) is 0 Å². The van der Waals surface area contributed by atoms with Crippen molar-refractivity contribution in [2.75, 3.05) is 27.5 Å². The Bertz CT molecular complexity index is 1730. The Labute approximate surface area is 239 Å². The van der Waals surface area contributed by atoms with Gasteiger partial charge in [0.1, 0.15) is 12.3 Å². The van der Waals surface area contributed by atoms with Crippen LogP contribution in [0.3, 0.4) is 0 Å². The summed E-state index contributed by atoms with van der Waals surface area (Å²) < 4.78 is 61.9. The lowest BCUT2D eigenvalue weighted by atomic mass is 10.3. The van der Waals surface area contributed by atoms with Gasteiger partial charge in [-0.25, -0.2) is 31.5 Å². The number of carbonyl (C=O) groups excluding carboxylic acids is 1. The third-order valence-corrected chi connectivity index (χ3v) is 8.83. The number of nitrogens with one attached hydrogen (secondary N) is 2. The normalized spacial score (nSPS) is 11.5. The molecule has 0 aliphatic heterocycles. The second kappa shape index (κ2) is 12.4. The molecule has 0 radical (unpaired) electrons. The first kappa shape index (κ1) is 29.5. The summed E-state index contributed by atoms with van der Waals surface area (Å²) in [6.07, 6.45) is 0. The highest BCUT2D eigenvalue weighted by molar-refractivity contribution is 7.93. The molecule has 2 N–H and O–H groups in total. The highest BCUT2D eigenvalue weighted by Crippen LogP contribution is 2.32. The summed E-state index contributed by atoms with van der Waals surface area (Å²) in [4.78, 5) is 21.2. The first-order valence-electron chi connectivity index (χ1n) is 12.5. The Balaban J connectivity index is 1.56. The largest absolute Gasteiger partial charge is 0.492 e. The van der Waals surface area contributed by atoms with Gasteiger partial charge in [-0.05, 0) is 75.4 Å². The van der Waals surface area contributed by atoms with Gasteiger partial charge < -0.3 is 10.1 Å². The summed E-state index contributed by atoms with van der Waals surface area (Å²) in [6, 6.07) is 21.5. The van der Waals surface area contributed by atoms with Gasteiger partial charge >= 0.3 is 0 Å². The van der Waals surface area contributed by atoms with Gasteiger partial charge in [0, 0.05) is 17.1 Å². The number of anilines is 3. The van der Waals surface area contributed by atoms with Crippen LogP contribution in [-0.2, 0) is 24.8 Å². The van der Waals surface area contributed by atoms with E-state index in [1.165, 1.54) is 36.4 Å². The van der Waals surface area contributed by atoms with E-state index in [1.54, 1.807) is 69.3 Å². The van der Waals surface area contributed by atoms with Gasteiger partial charge in [0.25, 0.3) is 20.0 Å². The molecule has 0 aliphatic rings. The number of carbonyl (C=O) groups is 1. The molecule has 0 saturated heterocycles. The lowest BCUT2D eigenvalue weighted by Gasteiger charge is -2.26. The molecule has 13 heteroatoms. The summed E-state index contributed by atoms with van der Waals surface area (Å²) in [5, 5.41) is 2.63. The molecule has 4 rings (SSSR count). The van der Waals surface area contributed by atoms with Crippen LogP contribution in [0, 0.1) is 13.8 Å². The van der Waals surface area contributed by atoms with Crippen LogP contribution in [0.2, 0.25) is 0 Å². The zero-order chi connectivity index (χ0) is 29.6. The highest BCUT2D eigenvalue weighted by atomic mass is 32.2. The number of hydrogen-bond acceptors (Lipinski definition) is 8. The minimum absolute atomic E-state index is 0.00828. The van der Waals surface area contributed by atoms with E-state index in [4.69, 9.17) is 4.74 Å². The third kappa shape index (κ3) is 7.18. The smallest absolute Gasteiger partial charge is 0.264 e. The molecule has 1 heterocycles. The first-order valence-corrected chi connectivity index (χ1v) is 15.5. The second-order valence-corrected chi connectivity index (χ2v) is 12.4. The van der Waals surface area contributed by atoms with Crippen LogP contribution in [0.1, 0.15) is 18.3 Å². The van der Waals surface area contributed by atoms with Gasteiger partial charge in [0.15, 0.2) is 0 Å². The molecule has 41 heavy (non-hydrogen) atoms. The lowest BCUT2D eigenvalue weighted by Crippen LogP contribution is -2.38. The van der Waals surface area contributed by atoms with Gasteiger partial charge in [0.2, 0.25) is 11.9 Å². The molecule has 0 fully saturated rings. The van der Waals surface area contributed by atoms with Crippen molar-refractivity contribution < 1.29 is 26.4 Å². The minimum atomic E-state index is -4.15. The number of sulfonamides is 2. The van der Waals surface area contributed by atoms with Crippen molar-refractivity contribution in [2.45, 2.75) is 30.6 Å². The van der Waals surface area contributed by atoms with Crippen LogP contribution >= 0.6 is 0 Å². The maximum absolute atomic E-state index is 13.6. The van der Waals surface area contributed by atoms with Gasteiger partial charge in [-0.1, -0.05) is 30.3 Å². The zero-order valence-electron chi connectivity index (χ0n) is 22.6. The van der Waals surface area contributed by atoms with Crippen molar-refractivity contribution in [3.05, 3.63) is 96.3 Å². The van der Waals surface area contributed by atoms with Crippen molar-refractivity contribution in [3.63, 3.8) is 0 Å². The molecule has 0 aliphatic carbocycles. The van der Waals surface area contributed by atoms with E-state index >= 15 is 0 Å². The molecule has 1 aromatic heterocycles. The van der Waals surface area contributed by atoms with Crippen molar-refractivity contribution in [2.24, 2.45) is 0 Å². The van der Waals surface area contributed by atoms with E-state index in [0.717, 1.165) is 4.31 Å². The van der Waals surface area contributed by atoms with Gasteiger partial charge in [0.05, 0.1) is 22.1 Å². The van der Waals surface area contributed by atoms with Crippen LogP contribution in [0.5, 0.6) is 5.75 Å². The minimum Gasteiger partial charge on any atom is -0.492 e. The SMILES string of the molecule is CCOc1ccccc1N(CC(=O)Nc1ccc(S(=O)(=O)Nc2nc(C)cc(C)n2)cc1)S(=O)(=O)c1ccccc1. The lowest BCUT2D eigenvalue weighted by molar-refractivity contribution is -0.114. The van der Waals surface area contributed by atoms with Crippen molar-refractivity contribution in [1.82, 2.24) is 9.97 Å². The molecule has 3 aromatic carbocycles. The molecule has 4 aromatic rings. The van der Waals surface area contributed by atoms with Crippen molar-refractivity contribution in [3.8, 4) is 5.75 Å². The molecule has 214 valence electrons. The Kier molecular flexibility index (Phi) is 8.89. The fourth-order valence-corrected chi connectivity index (χ4v) is 6.36. The number of aromatic nitrogens is 2. The van der Waals surface area contributed by atoms with E-state index in [2.05, 4.69) is 20.0 Å². The summed E-state index contributed by atoms with van der Waals surface area (Å²) in [5.74, 6) is -0.391. The van der Waals surface area contributed by atoms with Crippen molar-refractivity contribution >= 4 is 43.3 Å². The fraction of sp³-hybridized carbons (Fsp3) is 0.179. The average Bonchev–Trinajstić information content (AvgIpc) is 2.92. The fourth-order valence-electron chi connectivity index (χ4n) is 3.96. The summed E-state index contributed by atoms with van der Waals surface area (Å²) in [7, 11) is -8.15. The number of ether oxygens (including phenoxy) is 1. The molecule has 1 amide bonds. The van der Waals surface area contributed by atoms with Crippen LogP contribution in [0.15, 0.2) is 94.7 Å². The molecule has 0 atom stereocenters. The topological polar surface area (TPSA) is 148 Å². The number of para-hydroxylation sites is 2. The average molecular weight is 596 g/mol. The quantitative estimate of drug-likeness (QED) is 0.263. The standard InChI is InChI=1S/C28H29N5O6S2/c1-4-39-26-13-9-8-12-25(26)33(41(37,38)24-10-6-5-7-11-24)19-27(34)31-22-14-16-23(17-15-22)40(35,36)32-28-29-20(2)18-21(3)30-28/h5-18H,4,19H2,1-3H3,(H,31,34)(H,29,30,32). The third-order valence-electron chi connectivity index (χ3n) is 5.71. The first-order chi connectivity index (χ1) is 19.5. The molecular weight excluding hydrogens is 566 g/mol. The van der Waals surface area contributed by atoms with Gasteiger partial charge in [-0.3, -0.25) is 9.10 Å². The van der Waals surface area contributed by atoms with E-state index in [1.807, 2.05) is 0 Å². The summed E-state index contributed by atoms with van der Waals surface area (Å²) in [5.41, 5.74) is 1.70. The van der Waals surface area contributed by atoms with E-state index in [0.29, 0.717) is 23.7 Å². The Morgan fingerprint density at radius 3 is 2.07 bits per heavy atom. The van der Waals surface area contributed by atoms with E-state index in [9.17, 15) is 21.6 Å². The number of aryl methyl sites for hydroxylation is 2. The van der Waals surface area contributed by atoms with E-state index < -0.39 is 32.5 Å². The summed E-state index contributed by atoms with van der Waals surface area (Å²) in [6.45, 7) is 4.96. The maximum Gasteiger partial charge on any atom is 0.264 e.